The Hall–Kier alpha value is -1.52. The summed E-state index contributed by atoms with van der Waals surface area (Å²) in [6.07, 6.45) is 2.52. The Kier molecular flexibility index (Phi) is 4.05. The molecule has 5 heteroatoms. The molecule has 2 aromatic rings. The van der Waals surface area contributed by atoms with Gasteiger partial charge in [-0.25, -0.2) is 0 Å². The van der Waals surface area contributed by atoms with Crippen molar-refractivity contribution in [3.63, 3.8) is 0 Å². The topological polar surface area (TPSA) is 38.3 Å². The Morgan fingerprint density at radius 3 is 2.83 bits per heavy atom. The van der Waals surface area contributed by atoms with E-state index >= 15 is 0 Å². The Balaban J connectivity index is 1.59. The number of ether oxygens (including phenoxy) is 1. The SMILES string of the molecule is O=C(NC1CCOc2ccc(Br)cc21)C1(c2cccc(Cl)c2)CC1. The fourth-order valence-electron chi connectivity index (χ4n) is 3.37. The van der Waals surface area contributed by atoms with Crippen LogP contribution in [0.15, 0.2) is 46.9 Å². The molecule has 0 spiro atoms. The maximum absolute atomic E-state index is 13.0. The van der Waals surface area contributed by atoms with Crippen LogP contribution >= 0.6 is 27.5 Å². The summed E-state index contributed by atoms with van der Waals surface area (Å²) in [5, 5.41) is 3.91. The first-order valence-corrected chi connectivity index (χ1v) is 9.25. The smallest absolute Gasteiger partial charge is 0.231 e. The van der Waals surface area contributed by atoms with Crippen LogP contribution < -0.4 is 10.1 Å². The van der Waals surface area contributed by atoms with E-state index in [4.69, 9.17) is 16.3 Å². The van der Waals surface area contributed by atoms with Gasteiger partial charge in [0.05, 0.1) is 18.1 Å². The van der Waals surface area contributed by atoms with Crippen LogP contribution in [0.25, 0.3) is 0 Å². The van der Waals surface area contributed by atoms with Gasteiger partial charge >= 0.3 is 0 Å². The number of rotatable bonds is 3. The van der Waals surface area contributed by atoms with Gasteiger partial charge in [0, 0.05) is 21.5 Å². The van der Waals surface area contributed by atoms with Gasteiger partial charge in [0.15, 0.2) is 0 Å². The van der Waals surface area contributed by atoms with Gasteiger partial charge in [-0.3, -0.25) is 4.79 Å². The van der Waals surface area contributed by atoms with E-state index in [0.717, 1.165) is 40.6 Å². The average molecular weight is 407 g/mol. The summed E-state index contributed by atoms with van der Waals surface area (Å²) < 4.78 is 6.69. The van der Waals surface area contributed by atoms with Crippen LogP contribution in [0.1, 0.15) is 36.4 Å². The zero-order valence-corrected chi connectivity index (χ0v) is 15.4. The number of hydrogen-bond donors (Lipinski definition) is 1. The zero-order chi connectivity index (χ0) is 16.7. The second-order valence-corrected chi connectivity index (χ2v) is 7.79. The predicted octanol–water partition coefficient (Wildman–Crippen LogP) is 4.77. The highest BCUT2D eigenvalue weighted by atomic mass is 79.9. The average Bonchev–Trinajstić information content (AvgIpc) is 3.37. The van der Waals surface area contributed by atoms with Gasteiger partial charge in [-0.05, 0) is 48.7 Å². The molecular weight excluding hydrogens is 390 g/mol. The molecule has 124 valence electrons. The van der Waals surface area contributed by atoms with E-state index in [9.17, 15) is 4.79 Å². The molecule has 0 saturated heterocycles. The second kappa shape index (κ2) is 6.08. The van der Waals surface area contributed by atoms with Crippen molar-refractivity contribution < 1.29 is 9.53 Å². The van der Waals surface area contributed by atoms with Crippen molar-refractivity contribution in [3.05, 3.63) is 63.1 Å². The van der Waals surface area contributed by atoms with Gasteiger partial charge in [-0.15, -0.1) is 0 Å². The highest BCUT2D eigenvalue weighted by Gasteiger charge is 2.51. The van der Waals surface area contributed by atoms with Crippen LogP contribution in [0.3, 0.4) is 0 Å². The number of nitrogens with one attached hydrogen (secondary N) is 1. The van der Waals surface area contributed by atoms with Crippen LogP contribution in [-0.4, -0.2) is 12.5 Å². The molecule has 3 nitrogen and oxygen atoms in total. The molecule has 1 N–H and O–H groups in total. The van der Waals surface area contributed by atoms with E-state index < -0.39 is 5.41 Å². The molecule has 1 atom stereocenters. The van der Waals surface area contributed by atoms with Gasteiger partial charge in [-0.1, -0.05) is 39.7 Å². The quantitative estimate of drug-likeness (QED) is 0.797. The third kappa shape index (κ3) is 2.82. The molecule has 4 rings (SSSR count). The predicted molar refractivity (Wildman–Crippen MR) is 97.5 cm³/mol. The summed E-state index contributed by atoms with van der Waals surface area (Å²) in [6.45, 7) is 0.615. The molecule has 0 radical (unpaired) electrons. The molecule has 1 heterocycles. The standard InChI is InChI=1S/C19H17BrClNO2/c20-13-4-5-17-15(11-13)16(6-9-24-17)22-18(23)19(7-8-19)12-2-1-3-14(21)10-12/h1-5,10-11,16H,6-9H2,(H,22,23). The molecule has 1 saturated carbocycles. The van der Waals surface area contributed by atoms with Crippen molar-refractivity contribution in [1.82, 2.24) is 5.32 Å². The highest BCUT2D eigenvalue weighted by molar-refractivity contribution is 9.10. The molecule has 0 bridgehead atoms. The monoisotopic (exact) mass is 405 g/mol. The van der Waals surface area contributed by atoms with Crippen LogP contribution in [0.2, 0.25) is 5.02 Å². The lowest BCUT2D eigenvalue weighted by Gasteiger charge is -2.28. The molecule has 2 aliphatic rings. The lowest BCUT2D eigenvalue weighted by molar-refractivity contribution is -0.124. The number of fused-ring (bicyclic) bond motifs is 1. The molecule has 1 aliphatic heterocycles. The molecule has 1 amide bonds. The number of hydrogen-bond acceptors (Lipinski definition) is 2. The van der Waals surface area contributed by atoms with Crippen LogP contribution in [0.4, 0.5) is 0 Å². The van der Waals surface area contributed by atoms with E-state index in [1.165, 1.54) is 0 Å². The first kappa shape index (κ1) is 16.0. The number of halogens is 2. The van der Waals surface area contributed by atoms with E-state index in [1.807, 2.05) is 42.5 Å². The van der Waals surface area contributed by atoms with Gasteiger partial charge in [-0.2, -0.15) is 0 Å². The van der Waals surface area contributed by atoms with E-state index in [0.29, 0.717) is 11.6 Å². The number of carbonyl (C=O) groups is 1. The Morgan fingerprint density at radius 1 is 1.25 bits per heavy atom. The third-order valence-corrected chi connectivity index (χ3v) is 5.61. The molecule has 1 unspecified atom stereocenters. The van der Waals surface area contributed by atoms with Gasteiger partial charge in [0.2, 0.25) is 5.91 Å². The van der Waals surface area contributed by atoms with Gasteiger partial charge < -0.3 is 10.1 Å². The summed E-state index contributed by atoms with van der Waals surface area (Å²) in [6, 6.07) is 13.6. The molecule has 1 fully saturated rings. The van der Waals surface area contributed by atoms with Crippen molar-refractivity contribution in [2.24, 2.45) is 0 Å². The van der Waals surface area contributed by atoms with E-state index in [2.05, 4.69) is 21.2 Å². The first-order valence-electron chi connectivity index (χ1n) is 8.08. The maximum Gasteiger partial charge on any atom is 0.231 e. The Labute approximate surface area is 154 Å². The van der Waals surface area contributed by atoms with Crippen molar-refractivity contribution in [1.29, 1.82) is 0 Å². The van der Waals surface area contributed by atoms with Gasteiger partial charge in [0.25, 0.3) is 0 Å². The fraction of sp³-hybridized carbons (Fsp3) is 0.316. The van der Waals surface area contributed by atoms with Crippen molar-refractivity contribution in [3.8, 4) is 5.75 Å². The van der Waals surface area contributed by atoms with Crippen molar-refractivity contribution in [2.75, 3.05) is 6.61 Å². The zero-order valence-electron chi connectivity index (χ0n) is 13.0. The largest absolute Gasteiger partial charge is 0.493 e. The van der Waals surface area contributed by atoms with Gasteiger partial charge in [0.1, 0.15) is 5.75 Å². The maximum atomic E-state index is 13.0. The highest BCUT2D eigenvalue weighted by Crippen LogP contribution is 2.49. The molecule has 0 aromatic heterocycles. The normalized spacial score (nSPS) is 20.7. The molecule has 1 aliphatic carbocycles. The minimum absolute atomic E-state index is 0.0181. The molecule has 24 heavy (non-hydrogen) atoms. The van der Waals surface area contributed by atoms with Crippen LogP contribution in [0.5, 0.6) is 5.75 Å². The Morgan fingerprint density at radius 2 is 2.08 bits per heavy atom. The van der Waals surface area contributed by atoms with E-state index in [-0.39, 0.29) is 11.9 Å². The summed E-state index contributed by atoms with van der Waals surface area (Å²) in [7, 11) is 0. The van der Waals surface area contributed by atoms with Crippen LogP contribution in [-0.2, 0) is 10.2 Å². The lowest BCUT2D eigenvalue weighted by Crippen LogP contribution is -2.39. The number of amides is 1. The molecular formula is C19H17BrClNO2. The summed E-state index contributed by atoms with van der Waals surface area (Å²) >= 11 is 9.60. The third-order valence-electron chi connectivity index (χ3n) is 4.88. The summed E-state index contributed by atoms with van der Waals surface area (Å²) in [4.78, 5) is 13.0. The minimum atomic E-state index is -0.421. The number of benzene rings is 2. The summed E-state index contributed by atoms with van der Waals surface area (Å²) in [5.74, 6) is 0.935. The molecule has 2 aromatic carbocycles. The van der Waals surface area contributed by atoms with E-state index in [1.54, 1.807) is 0 Å². The van der Waals surface area contributed by atoms with Crippen molar-refractivity contribution >= 4 is 33.4 Å². The minimum Gasteiger partial charge on any atom is -0.493 e. The second-order valence-electron chi connectivity index (χ2n) is 6.44. The van der Waals surface area contributed by atoms with Crippen LogP contribution in [0, 0.1) is 0 Å². The first-order chi connectivity index (χ1) is 11.6. The summed E-state index contributed by atoms with van der Waals surface area (Å²) in [5.41, 5.74) is 1.62. The lowest BCUT2D eigenvalue weighted by atomic mass is 9.93. The number of carbonyl (C=O) groups excluding carboxylic acids is 1. The fourth-order valence-corrected chi connectivity index (χ4v) is 3.94. The Bertz CT molecular complexity index is 804. The van der Waals surface area contributed by atoms with Crippen molar-refractivity contribution in [2.45, 2.75) is 30.7 Å².